The van der Waals surface area contributed by atoms with E-state index in [0.29, 0.717) is 0 Å². The number of thiazole rings is 1. The summed E-state index contributed by atoms with van der Waals surface area (Å²) >= 11 is 3.43. The normalized spacial score (nSPS) is 10.2. The lowest BCUT2D eigenvalue weighted by atomic mass is 10.3. The summed E-state index contributed by atoms with van der Waals surface area (Å²) in [5, 5.41) is 3.38. The molecule has 0 spiro atoms. The molecule has 78 valence electrons. The molecule has 1 heterocycles. The second-order valence-corrected chi connectivity index (χ2v) is 4.90. The predicted molar refractivity (Wildman–Crippen MR) is 67.7 cm³/mol. The van der Waals surface area contributed by atoms with Gasteiger partial charge in [0.25, 0.3) is 0 Å². The van der Waals surface area contributed by atoms with Crippen LogP contribution in [0.4, 0.5) is 5.69 Å². The summed E-state index contributed by atoms with van der Waals surface area (Å²) in [5.41, 5.74) is 3.02. The zero-order valence-electron chi connectivity index (χ0n) is 8.43. The molecule has 0 fully saturated rings. The van der Waals surface area contributed by atoms with Gasteiger partial charge in [0, 0.05) is 21.7 Å². The predicted octanol–water partition coefficient (Wildman–Crippen LogP) is 3.48. The first-order valence-corrected chi connectivity index (χ1v) is 6.74. The van der Waals surface area contributed by atoms with E-state index in [4.69, 9.17) is 0 Å². The van der Waals surface area contributed by atoms with E-state index in [1.165, 1.54) is 9.77 Å². The summed E-state index contributed by atoms with van der Waals surface area (Å²) in [5.74, 6) is 0. The van der Waals surface area contributed by atoms with Crippen LogP contribution in [0.15, 0.2) is 40.9 Å². The van der Waals surface area contributed by atoms with Crippen LogP contribution in [-0.4, -0.2) is 11.2 Å². The van der Waals surface area contributed by atoms with Crippen LogP contribution in [-0.2, 0) is 6.54 Å². The Morgan fingerprint density at radius 3 is 3.13 bits per heavy atom. The highest BCUT2D eigenvalue weighted by Crippen LogP contribution is 2.19. The highest BCUT2D eigenvalue weighted by atomic mass is 32.2. The van der Waals surface area contributed by atoms with E-state index in [1.54, 1.807) is 23.1 Å². The number of aromatic nitrogens is 1. The molecule has 0 atom stereocenters. The van der Waals surface area contributed by atoms with Gasteiger partial charge in [-0.2, -0.15) is 0 Å². The number of nitrogens with zero attached hydrogens (tertiary/aromatic N) is 1. The van der Waals surface area contributed by atoms with Gasteiger partial charge in [0.05, 0.1) is 12.1 Å². The summed E-state index contributed by atoms with van der Waals surface area (Å²) < 4.78 is 0. The largest absolute Gasteiger partial charge is 0.380 e. The molecule has 0 aliphatic heterocycles. The highest BCUT2D eigenvalue weighted by Gasteiger charge is 1.96. The number of hydrogen-bond acceptors (Lipinski definition) is 4. The molecule has 2 rings (SSSR count). The lowest BCUT2D eigenvalue weighted by Crippen LogP contribution is -1.96. The Kier molecular flexibility index (Phi) is 3.64. The monoisotopic (exact) mass is 236 g/mol. The standard InChI is InChI=1S/C11H12N2S2/c1-14-10-4-2-3-9(5-10)13-7-11-6-12-8-15-11/h2-6,8,13H,7H2,1H3. The zero-order chi connectivity index (χ0) is 10.5. The SMILES string of the molecule is CSc1cccc(NCc2cncs2)c1. The van der Waals surface area contributed by atoms with E-state index < -0.39 is 0 Å². The third kappa shape index (κ3) is 2.97. The van der Waals surface area contributed by atoms with Crippen molar-refractivity contribution in [3.05, 3.63) is 40.8 Å². The minimum absolute atomic E-state index is 0.850. The van der Waals surface area contributed by atoms with Crippen LogP contribution in [0.5, 0.6) is 0 Å². The Morgan fingerprint density at radius 2 is 2.40 bits per heavy atom. The topological polar surface area (TPSA) is 24.9 Å². The molecule has 15 heavy (non-hydrogen) atoms. The first-order chi connectivity index (χ1) is 7.38. The molecule has 1 N–H and O–H groups in total. The van der Waals surface area contributed by atoms with Gasteiger partial charge in [-0.3, -0.25) is 4.98 Å². The van der Waals surface area contributed by atoms with Crippen LogP contribution < -0.4 is 5.32 Å². The molecule has 2 aromatic rings. The lowest BCUT2D eigenvalue weighted by molar-refractivity contribution is 1.17. The Hall–Kier alpha value is -1.000. The van der Waals surface area contributed by atoms with E-state index >= 15 is 0 Å². The van der Waals surface area contributed by atoms with Gasteiger partial charge in [-0.15, -0.1) is 23.1 Å². The number of hydrogen-bond donors (Lipinski definition) is 1. The summed E-state index contributed by atoms with van der Waals surface area (Å²) in [6, 6.07) is 8.43. The van der Waals surface area contributed by atoms with E-state index in [-0.39, 0.29) is 0 Å². The Labute approximate surface area is 97.8 Å². The number of thioether (sulfide) groups is 1. The van der Waals surface area contributed by atoms with Gasteiger partial charge >= 0.3 is 0 Å². The molecule has 0 bridgehead atoms. The molecule has 0 saturated carbocycles. The number of benzene rings is 1. The lowest BCUT2D eigenvalue weighted by Gasteiger charge is -2.05. The fourth-order valence-corrected chi connectivity index (χ4v) is 2.25. The first-order valence-electron chi connectivity index (χ1n) is 4.64. The smallest absolute Gasteiger partial charge is 0.0794 e. The maximum Gasteiger partial charge on any atom is 0.0794 e. The van der Waals surface area contributed by atoms with Gasteiger partial charge in [-0.1, -0.05) is 6.07 Å². The summed E-state index contributed by atoms with van der Waals surface area (Å²) in [6.07, 6.45) is 3.98. The van der Waals surface area contributed by atoms with Gasteiger partial charge in [-0.25, -0.2) is 0 Å². The zero-order valence-corrected chi connectivity index (χ0v) is 10.1. The van der Waals surface area contributed by atoms with Gasteiger partial charge < -0.3 is 5.32 Å². The van der Waals surface area contributed by atoms with Crippen LogP contribution in [0.1, 0.15) is 4.88 Å². The molecule has 0 aliphatic carbocycles. The van der Waals surface area contributed by atoms with Crippen molar-refractivity contribution < 1.29 is 0 Å². The molecule has 0 radical (unpaired) electrons. The van der Waals surface area contributed by atoms with Crippen LogP contribution in [0.25, 0.3) is 0 Å². The fraction of sp³-hybridized carbons (Fsp3) is 0.182. The number of nitrogens with one attached hydrogen (secondary N) is 1. The highest BCUT2D eigenvalue weighted by molar-refractivity contribution is 7.98. The van der Waals surface area contributed by atoms with Crippen molar-refractivity contribution in [2.24, 2.45) is 0 Å². The maximum absolute atomic E-state index is 4.04. The van der Waals surface area contributed by atoms with Crippen molar-refractivity contribution in [2.75, 3.05) is 11.6 Å². The van der Waals surface area contributed by atoms with E-state index in [9.17, 15) is 0 Å². The molecule has 0 unspecified atom stereocenters. The van der Waals surface area contributed by atoms with Crippen molar-refractivity contribution in [3.8, 4) is 0 Å². The molecular weight excluding hydrogens is 224 g/mol. The van der Waals surface area contributed by atoms with Crippen molar-refractivity contribution in [1.29, 1.82) is 0 Å². The van der Waals surface area contributed by atoms with Crippen LogP contribution in [0.2, 0.25) is 0 Å². The Balaban J connectivity index is 1.98. The van der Waals surface area contributed by atoms with Gasteiger partial charge in [0.2, 0.25) is 0 Å². The van der Waals surface area contributed by atoms with Gasteiger partial charge in [0.1, 0.15) is 0 Å². The van der Waals surface area contributed by atoms with Crippen molar-refractivity contribution in [1.82, 2.24) is 4.98 Å². The van der Waals surface area contributed by atoms with Crippen LogP contribution >= 0.6 is 23.1 Å². The van der Waals surface area contributed by atoms with Crippen LogP contribution in [0, 0.1) is 0 Å². The molecule has 2 nitrogen and oxygen atoms in total. The summed E-state index contributed by atoms with van der Waals surface area (Å²) in [6.45, 7) is 0.850. The minimum Gasteiger partial charge on any atom is -0.380 e. The van der Waals surface area contributed by atoms with Crippen LogP contribution in [0.3, 0.4) is 0 Å². The molecule has 0 amide bonds. The third-order valence-corrected chi connectivity index (χ3v) is 3.52. The maximum atomic E-state index is 4.04. The summed E-state index contributed by atoms with van der Waals surface area (Å²) in [7, 11) is 0. The molecule has 0 saturated heterocycles. The van der Waals surface area contributed by atoms with Gasteiger partial charge in [-0.05, 0) is 24.5 Å². The molecular formula is C11H12N2S2. The van der Waals surface area contributed by atoms with E-state index in [0.717, 1.165) is 12.2 Å². The number of anilines is 1. The second-order valence-electron chi connectivity index (χ2n) is 3.05. The number of rotatable bonds is 4. The minimum atomic E-state index is 0.850. The Bertz CT molecular complexity index is 412. The third-order valence-electron chi connectivity index (χ3n) is 2.02. The average molecular weight is 236 g/mol. The van der Waals surface area contributed by atoms with Crippen molar-refractivity contribution in [3.63, 3.8) is 0 Å². The molecule has 0 aliphatic rings. The van der Waals surface area contributed by atoms with Gasteiger partial charge in [0.15, 0.2) is 0 Å². The quantitative estimate of drug-likeness (QED) is 0.823. The molecule has 4 heteroatoms. The molecule has 1 aromatic heterocycles. The van der Waals surface area contributed by atoms with Crippen molar-refractivity contribution in [2.45, 2.75) is 11.4 Å². The van der Waals surface area contributed by atoms with Crippen molar-refractivity contribution >= 4 is 28.8 Å². The van der Waals surface area contributed by atoms with E-state index in [2.05, 4.69) is 40.8 Å². The Morgan fingerprint density at radius 1 is 1.47 bits per heavy atom. The average Bonchev–Trinajstić information content (AvgIpc) is 2.79. The second kappa shape index (κ2) is 5.19. The first kappa shape index (κ1) is 10.5. The summed E-state index contributed by atoms with van der Waals surface area (Å²) in [4.78, 5) is 6.58. The molecule has 1 aromatic carbocycles. The van der Waals surface area contributed by atoms with E-state index in [1.807, 2.05) is 11.7 Å². The fourth-order valence-electron chi connectivity index (χ4n) is 1.25.